The van der Waals surface area contributed by atoms with E-state index in [0.29, 0.717) is 19.4 Å². The summed E-state index contributed by atoms with van der Waals surface area (Å²) in [7, 11) is 0. The first-order valence-corrected chi connectivity index (χ1v) is 6.34. The van der Waals surface area contributed by atoms with Gasteiger partial charge in [-0.25, -0.2) is 4.79 Å². The molecule has 0 spiro atoms. The summed E-state index contributed by atoms with van der Waals surface area (Å²) >= 11 is 0. The summed E-state index contributed by atoms with van der Waals surface area (Å²) < 4.78 is 15.6. The molecule has 0 amide bonds. The molecular formula is C13H22O5. The standard InChI is InChI=1S/C13H22O5/c1-5-16-11(14)9-6-7-10(17-8-9)12(15)18-13(2,3)4/h9-10H,5-8H2,1-4H3. The predicted molar refractivity (Wildman–Crippen MR) is 64.9 cm³/mol. The van der Waals surface area contributed by atoms with Gasteiger partial charge in [-0.3, -0.25) is 4.79 Å². The van der Waals surface area contributed by atoms with Crippen LogP contribution in [0.25, 0.3) is 0 Å². The van der Waals surface area contributed by atoms with Crippen LogP contribution in [-0.4, -0.2) is 36.9 Å². The Morgan fingerprint density at radius 3 is 2.33 bits per heavy atom. The van der Waals surface area contributed by atoms with Gasteiger partial charge in [0, 0.05) is 0 Å². The van der Waals surface area contributed by atoms with Gasteiger partial charge >= 0.3 is 11.9 Å². The Kier molecular flexibility index (Phi) is 5.14. The third kappa shape index (κ3) is 4.64. The zero-order chi connectivity index (χ0) is 13.8. The molecule has 0 N–H and O–H groups in total. The fraction of sp³-hybridized carbons (Fsp3) is 0.846. The molecule has 0 radical (unpaired) electrons. The third-order valence-corrected chi connectivity index (χ3v) is 2.57. The topological polar surface area (TPSA) is 61.8 Å². The Balaban J connectivity index is 2.39. The number of rotatable bonds is 3. The van der Waals surface area contributed by atoms with Crippen LogP contribution in [0.2, 0.25) is 0 Å². The van der Waals surface area contributed by atoms with Gasteiger partial charge in [0.2, 0.25) is 0 Å². The van der Waals surface area contributed by atoms with Crippen LogP contribution in [0.1, 0.15) is 40.5 Å². The van der Waals surface area contributed by atoms with Crippen LogP contribution in [0.15, 0.2) is 0 Å². The van der Waals surface area contributed by atoms with Crippen molar-refractivity contribution in [2.45, 2.75) is 52.2 Å². The maximum absolute atomic E-state index is 11.8. The summed E-state index contributed by atoms with van der Waals surface area (Å²) in [6.45, 7) is 7.80. The first kappa shape index (κ1) is 15.0. The molecule has 1 heterocycles. The number of ether oxygens (including phenoxy) is 3. The van der Waals surface area contributed by atoms with E-state index in [1.165, 1.54) is 0 Å². The second-order valence-electron chi connectivity index (χ2n) is 5.38. The minimum atomic E-state index is -0.560. The van der Waals surface area contributed by atoms with Crippen molar-refractivity contribution in [1.82, 2.24) is 0 Å². The van der Waals surface area contributed by atoms with E-state index in [1.807, 2.05) is 20.8 Å². The first-order chi connectivity index (χ1) is 8.33. The van der Waals surface area contributed by atoms with Gasteiger partial charge in [-0.1, -0.05) is 0 Å². The summed E-state index contributed by atoms with van der Waals surface area (Å²) in [6, 6.07) is 0. The predicted octanol–water partition coefficient (Wildman–Crippen LogP) is 1.69. The molecule has 0 bridgehead atoms. The quantitative estimate of drug-likeness (QED) is 0.721. The van der Waals surface area contributed by atoms with E-state index in [9.17, 15) is 9.59 Å². The van der Waals surface area contributed by atoms with Crippen molar-refractivity contribution in [2.75, 3.05) is 13.2 Å². The Bertz CT molecular complexity index is 297. The van der Waals surface area contributed by atoms with Gasteiger partial charge < -0.3 is 14.2 Å². The lowest BCUT2D eigenvalue weighted by Gasteiger charge is -2.29. The van der Waals surface area contributed by atoms with Crippen LogP contribution in [0.3, 0.4) is 0 Å². The normalized spacial score (nSPS) is 24.4. The molecule has 1 aliphatic heterocycles. The van der Waals surface area contributed by atoms with Crippen molar-refractivity contribution in [3.63, 3.8) is 0 Å². The highest BCUT2D eigenvalue weighted by atomic mass is 16.6. The van der Waals surface area contributed by atoms with E-state index < -0.39 is 11.7 Å². The van der Waals surface area contributed by atoms with Crippen molar-refractivity contribution in [3.8, 4) is 0 Å². The lowest BCUT2D eigenvalue weighted by Crippen LogP contribution is -2.39. The molecule has 1 fully saturated rings. The maximum atomic E-state index is 11.8. The average molecular weight is 258 g/mol. The SMILES string of the molecule is CCOC(=O)C1CCC(C(=O)OC(C)(C)C)OC1. The average Bonchev–Trinajstić information content (AvgIpc) is 2.27. The Morgan fingerprint density at radius 2 is 1.89 bits per heavy atom. The fourth-order valence-electron chi connectivity index (χ4n) is 1.75. The lowest BCUT2D eigenvalue weighted by atomic mass is 9.98. The fourth-order valence-corrected chi connectivity index (χ4v) is 1.75. The Morgan fingerprint density at radius 1 is 1.22 bits per heavy atom. The van der Waals surface area contributed by atoms with Crippen LogP contribution in [0.5, 0.6) is 0 Å². The number of hydrogen-bond acceptors (Lipinski definition) is 5. The third-order valence-electron chi connectivity index (χ3n) is 2.57. The minimum absolute atomic E-state index is 0.225. The van der Waals surface area contributed by atoms with E-state index in [-0.39, 0.29) is 24.5 Å². The number of carbonyl (C=O) groups is 2. The number of carbonyl (C=O) groups excluding carboxylic acids is 2. The van der Waals surface area contributed by atoms with Gasteiger partial charge in [0.1, 0.15) is 5.60 Å². The molecule has 0 aromatic heterocycles. The molecule has 1 aliphatic rings. The summed E-state index contributed by atoms with van der Waals surface area (Å²) in [4.78, 5) is 23.2. The van der Waals surface area contributed by atoms with Gasteiger partial charge in [-0.15, -0.1) is 0 Å². The molecule has 18 heavy (non-hydrogen) atoms. The molecule has 2 atom stereocenters. The summed E-state index contributed by atoms with van der Waals surface area (Å²) in [5.41, 5.74) is -0.515. The molecular weight excluding hydrogens is 236 g/mol. The van der Waals surface area contributed by atoms with Crippen LogP contribution in [-0.2, 0) is 23.8 Å². The van der Waals surface area contributed by atoms with E-state index in [4.69, 9.17) is 14.2 Å². The minimum Gasteiger partial charge on any atom is -0.466 e. The van der Waals surface area contributed by atoms with E-state index in [1.54, 1.807) is 6.92 Å². The zero-order valence-electron chi connectivity index (χ0n) is 11.5. The highest BCUT2D eigenvalue weighted by Crippen LogP contribution is 2.22. The number of esters is 2. The highest BCUT2D eigenvalue weighted by molar-refractivity contribution is 5.76. The van der Waals surface area contributed by atoms with Crippen LogP contribution in [0, 0.1) is 5.92 Å². The molecule has 104 valence electrons. The first-order valence-electron chi connectivity index (χ1n) is 6.34. The Hall–Kier alpha value is -1.10. The number of hydrogen-bond donors (Lipinski definition) is 0. The summed E-state index contributed by atoms with van der Waals surface area (Å²) in [5.74, 6) is -0.867. The largest absolute Gasteiger partial charge is 0.466 e. The highest BCUT2D eigenvalue weighted by Gasteiger charge is 2.33. The van der Waals surface area contributed by atoms with Gasteiger partial charge in [0.15, 0.2) is 6.10 Å². The zero-order valence-corrected chi connectivity index (χ0v) is 11.5. The molecule has 0 aromatic rings. The molecule has 0 aromatic carbocycles. The molecule has 5 nitrogen and oxygen atoms in total. The second-order valence-corrected chi connectivity index (χ2v) is 5.38. The van der Waals surface area contributed by atoms with Gasteiger partial charge in [0.05, 0.1) is 19.1 Å². The summed E-state index contributed by atoms with van der Waals surface area (Å²) in [6.07, 6.45) is 0.538. The van der Waals surface area contributed by atoms with Crippen molar-refractivity contribution in [3.05, 3.63) is 0 Å². The maximum Gasteiger partial charge on any atom is 0.335 e. The van der Waals surface area contributed by atoms with Crippen molar-refractivity contribution < 1.29 is 23.8 Å². The van der Waals surface area contributed by atoms with E-state index in [0.717, 1.165) is 0 Å². The van der Waals surface area contributed by atoms with E-state index in [2.05, 4.69) is 0 Å². The molecule has 0 saturated carbocycles. The van der Waals surface area contributed by atoms with Gasteiger partial charge in [-0.2, -0.15) is 0 Å². The van der Waals surface area contributed by atoms with Crippen LogP contribution >= 0.6 is 0 Å². The van der Waals surface area contributed by atoms with Crippen molar-refractivity contribution >= 4 is 11.9 Å². The molecule has 1 rings (SSSR count). The van der Waals surface area contributed by atoms with Crippen LogP contribution in [0.4, 0.5) is 0 Å². The monoisotopic (exact) mass is 258 g/mol. The second kappa shape index (κ2) is 6.18. The molecule has 1 saturated heterocycles. The summed E-state index contributed by atoms with van der Waals surface area (Å²) in [5, 5.41) is 0. The van der Waals surface area contributed by atoms with Crippen molar-refractivity contribution in [1.29, 1.82) is 0 Å². The van der Waals surface area contributed by atoms with Gasteiger partial charge in [0.25, 0.3) is 0 Å². The van der Waals surface area contributed by atoms with Gasteiger partial charge in [-0.05, 0) is 40.5 Å². The van der Waals surface area contributed by atoms with Crippen molar-refractivity contribution in [2.24, 2.45) is 5.92 Å². The lowest BCUT2D eigenvalue weighted by molar-refractivity contribution is -0.177. The molecule has 5 heteroatoms. The van der Waals surface area contributed by atoms with Crippen LogP contribution < -0.4 is 0 Å². The molecule has 0 aliphatic carbocycles. The molecule has 2 unspecified atom stereocenters. The van der Waals surface area contributed by atoms with E-state index >= 15 is 0 Å². The smallest absolute Gasteiger partial charge is 0.335 e. The Labute approximate surface area is 108 Å².